The van der Waals surface area contributed by atoms with E-state index in [9.17, 15) is 9.59 Å². The Balaban J connectivity index is 1.52. The van der Waals surface area contributed by atoms with E-state index in [1.165, 1.54) is 6.92 Å². The monoisotopic (exact) mass is 397 g/mol. The molecule has 0 saturated carbocycles. The summed E-state index contributed by atoms with van der Waals surface area (Å²) in [5, 5.41) is 3.80. The van der Waals surface area contributed by atoms with Crippen molar-refractivity contribution in [3.8, 4) is 0 Å². The molecule has 5 rings (SSSR count). The normalized spacial score (nSPS) is 11.2. The number of carbonyl (C=O) groups is 2. The van der Waals surface area contributed by atoms with Crippen molar-refractivity contribution in [3.05, 3.63) is 77.9 Å². The van der Waals surface area contributed by atoms with Gasteiger partial charge >= 0.3 is 0 Å². The molecular weight excluding hydrogens is 382 g/mol. The highest BCUT2D eigenvalue weighted by Gasteiger charge is 2.13. The molecule has 5 nitrogen and oxygen atoms in total. The van der Waals surface area contributed by atoms with Crippen molar-refractivity contribution in [2.75, 3.05) is 5.32 Å². The van der Waals surface area contributed by atoms with Gasteiger partial charge in [0.15, 0.2) is 5.78 Å². The number of aromatic nitrogens is 2. The molecule has 0 radical (unpaired) electrons. The van der Waals surface area contributed by atoms with Crippen LogP contribution in [0.5, 0.6) is 0 Å². The summed E-state index contributed by atoms with van der Waals surface area (Å²) in [4.78, 5) is 34.5. The molecular formula is C23H15N3O2S. The number of anilines is 1. The number of ketones is 1. The average molecular weight is 397 g/mol. The standard InChI is InChI=1S/C23H15N3O2S/c1-13(27)14-6-9-16(10-7-14)24-22(28)15-8-11-20-17(12-15)21-23(29-20)26-19-5-3-2-4-18(19)25-21/h2-12H,1H3,(H,24,28). The first-order valence-electron chi connectivity index (χ1n) is 9.10. The molecule has 5 aromatic rings. The third-order valence-corrected chi connectivity index (χ3v) is 5.85. The number of thiophene rings is 1. The van der Waals surface area contributed by atoms with Crippen LogP contribution in [0.1, 0.15) is 27.6 Å². The van der Waals surface area contributed by atoms with E-state index in [1.54, 1.807) is 41.7 Å². The molecule has 0 fully saturated rings. The van der Waals surface area contributed by atoms with Crippen LogP contribution in [-0.2, 0) is 0 Å². The number of hydrogen-bond donors (Lipinski definition) is 1. The lowest BCUT2D eigenvalue weighted by molar-refractivity contribution is 0.101. The minimum Gasteiger partial charge on any atom is -0.322 e. The summed E-state index contributed by atoms with van der Waals surface area (Å²) in [6.45, 7) is 1.51. The van der Waals surface area contributed by atoms with Crippen LogP contribution < -0.4 is 5.32 Å². The highest BCUT2D eigenvalue weighted by molar-refractivity contribution is 7.25. The Bertz CT molecular complexity index is 1420. The zero-order chi connectivity index (χ0) is 20.0. The second kappa shape index (κ2) is 6.76. The van der Waals surface area contributed by atoms with Crippen LogP contribution in [0.4, 0.5) is 5.69 Å². The van der Waals surface area contributed by atoms with E-state index in [0.717, 1.165) is 31.5 Å². The third kappa shape index (κ3) is 3.13. The predicted octanol–water partition coefficient (Wildman–Crippen LogP) is 5.45. The molecule has 3 aromatic carbocycles. The summed E-state index contributed by atoms with van der Waals surface area (Å²) >= 11 is 1.57. The maximum Gasteiger partial charge on any atom is 0.255 e. The van der Waals surface area contributed by atoms with Crippen molar-refractivity contribution in [3.63, 3.8) is 0 Å². The third-order valence-electron chi connectivity index (χ3n) is 4.79. The van der Waals surface area contributed by atoms with Crippen LogP contribution in [0.2, 0.25) is 0 Å². The van der Waals surface area contributed by atoms with Gasteiger partial charge in [0.05, 0.1) is 11.0 Å². The van der Waals surface area contributed by atoms with Gasteiger partial charge < -0.3 is 5.32 Å². The minimum absolute atomic E-state index is 0.00806. The molecule has 2 heterocycles. The largest absolute Gasteiger partial charge is 0.322 e. The van der Waals surface area contributed by atoms with Gasteiger partial charge in [-0.1, -0.05) is 12.1 Å². The highest BCUT2D eigenvalue weighted by atomic mass is 32.1. The Labute approximate surface area is 170 Å². The number of carbonyl (C=O) groups excluding carboxylic acids is 2. The fourth-order valence-electron chi connectivity index (χ4n) is 3.27. The molecule has 2 aromatic heterocycles. The zero-order valence-electron chi connectivity index (χ0n) is 15.5. The van der Waals surface area contributed by atoms with Crippen LogP contribution in [0.15, 0.2) is 66.7 Å². The van der Waals surface area contributed by atoms with Crippen molar-refractivity contribution >= 4 is 60.2 Å². The van der Waals surface area contributed by atoms with Gasteiger partial charge in [0.1, 0.15) is 10.3 Å². The highest BCUT2D eigenvalue weighted by Crippen LogP contribution is 2.33. The van der Waals surface area contributed by atoms with Crippen molar-refractivity contribution in [2.45, 2.75) is 6.92 Å². The summed E-state index contributed by atoms with van der Waals surface area (Å²) in [7, 11) is 0. The molecule has 0 saturated heterocycles. The van der Waals surface area contributed by atoms with Crippen molar-refractivity contribution in [1.29, 1.82) is 0 Å². The summed E-state index contributed by atoms with van der Waals surface area (Å²) < 4.78 is 1.04. The number of amides is 1. The Morgan fingerprint density at radius 3 is 2.28 bits per heavy atom. The number of nitrogens with zero attached hydrogens (tertiary/aromatic N) is 2. The number of hydrogen-bond acceptors (Lipinski definition) is 5. The molecule has 0 unspecified atom stereocenters. The Morgan fingerprint density at radius 1 is 0.862 bits per heavy atom. The molecule has 140 valence electrons. The van der Waals surface area contributed by atoms with Crippen LogP contribution in [0, 0.1) is 0 Å². The van der Waals surface area contributed by atoms with E-state index in [2.05, 4.69) is 5.32 Å². The number of rotatable bonds is 3. The van der Waals surface area contributed by atoms with Gasteiger partial charge in [-0.25, -0.2) is 9.97 Å². The van der Waals surface area contributed by atoms with Gasteiger partial charge in [0.25, 0.3) is 5.91 Å². The molecule has 0 aliphatic carbocycles. The van der Waals surface area contributed by atoms with Gasteiger partial charge in [0, 0.05) is 26.9 Å². The van der Waals surface area contributed by atoms with Crippen molar-refractivity contribution in [1.82, 2.24) is 9.97 Å². The molecule has 0 aliphatic rings. The molecule has 29 heavy (non-hydrogen) atoms. The van der Waals surface area contributed by atoms with Gasteiger partial charge in [-0.15, -0.1) is 11.3 Å². The van der Waals surface area contributed by atoms with Crippen LogP contribution >= 0.6 is 11.3 Å². The minimum atomic E-state index is -0.212. The SMILES string of the molecule is CC(=O)c1ccc(NC(=O)c2ccc3sc4nc5ccccc5nc4c3c2)cc1. The van der Waals surface area contributed by atoms with Crippen LogP contribution in [0.25, 0.3) is 31.5 Å². The molecule has 0 atom stereocenters. The van der Waals surface area contributed by atoms with E-state index in [0.29, 0.717) is 16.8 Å². The van der Waals surface area contributed by atoms with E-state index in [4.69, 9.17) is 9.97 Å². The summed E-state index contributed by atoms with van der Waals surface area (Å²) in [6.07, 6.45) is 0. The fourth-order valence-corrected chi connectivity index (χ4v) is 4.28. The Morgan fingerprint density at radius 2 is 1.55 bits per heavy atom. The first-order chi connectivity index (χ1) is 14.1. The molecule has 6 heteroatoms. The first kappa shape index (κ1) is 17.5. The summed E-state index contributed by atoms with van der Waals surface area (Å²) in [5.41, 5.74) is 4.30. The number of para-hydroxylation sites is 2. The van der Waals surface area contributed by atoms with Gasteiger partial charge in [-0.2, -0.15) is 0 Å². The maximum atomic E-state index is 12.7. The second-order valence-electron chi connectivity index (χ2n) is 6.77. The lowest BCUT2D eigenvalue weighted by Gasteiger charge is -2.06. The number of benzene rings is 3. The van der Waals surface area contributed by atoms with Gasteiger partial charge in [0.2, 0.25) is 0 Å². The maximum absolute atomic E-state index is 12.7. The molecule has 0 spiro atoms. The smallest absolute Gasteiger partial charge is 0.255 e. The first-order valence-corrected chi connectivity index (χ1v) is 9.91. The van der Waals surface area contributed by atoms with Crippen LogP contribution in [0.3, 0.4) is 0 Å². The second-order valence-corrected chi connectivity index (χ2v) is 7.80. The van der Waals surface area contributed by atoms with E-state index in [-0.39, 0.29) is 11.7 Å². The molecule has 0 bridgehead atoms. The van der Waals surface area contributed by atoms with Gasteiger partial charge in [-0.05, 0) is 61.5 Å². The van der Waals surface area contributed by atoms with Crippen LogP contribution in [-0.4, -0.2) is 21.7 Å². The topological polar surface area (TPSA) is 72.0 Å². The summed E-state index contributed by atoms with van der Waals surface area (Å²) in [5.74, 6) is -0.220. The van der Waals surface area contributed by atoms with Crippen molar-refractivity contribution in [2.24, 2.45) is 0 Å². The Kier molecular flexibility index (Phi) is 4.07. The zero-order valence-corrected chi connectivity index (χ0v) is 16.3. The average Bonchev–Trinajstić information content (AvgIpc) is 3.09. The van der Waals surface area contributed by atoms with E-state index in [1.807, 2.05) is 36.4 Å². The fraction of sp³-hybridized carbons (Fsp3) is 0.0435. The lowest BCUT2D eigenvalue weighted by Crippen LogP contribution is -2.11. The number of Topliss-reactive ketones (excluding diaryl/α,β-unsaturated/α-hetero) is 1. The number of nitrogens with one attached hydrogen (secondary N) is 1. The van der Waals surface area contributed by atoms with Crippen molar-refractivity contribution < 1.29 is 9.59 Å². The van der Waals surface area contributed by atoms with E-state index < -0.39 is 0 Å². The lowest BCUT2D eigenvalue weighted by atomic mass is 10.1. The molecule has 0 aliphatic heterocycles. The van der Waals surface area contributed by atoms with Gasteiger partial charge in [-0.3, -0.25) is 9.59 Å². The quantitative estimate of drug-likeness (QED) is 0.411. The number of fused-ring (bicyclic) bond motifs is 4. The molecule has 1 amide bonds. The predicted molar refractivity (Wildman–Crippen MR) is 117 cm³/mol. The summed E-state index contributed by atoms with van der Waals surface area (Å²) in [6, 6.07) is 20.2. The molecule has 1 N–H and O–H groups in total. The Hall–Kier alpha value is -3.64. The van der Waals surface area contributed by atoms with E-state index >= 15 is 0 Å².